The zero-order valence-corrected chi connectivity index (χ0v) is 8.84. The summed E-state index contributed by atoms with van der Waals surface area (Å²) in [4.78, 5) is 0. The van der Waals surface area contributed by atoms with E-state index >= 15 is 0 Å². The maximum atomic E-state index is 11.6. The normalized spacial score (nSPS) is 19.6. The van der Waals surface area contributed by atoms with E-state index in [2.05, 4.69) is 4.72 Å². The van der Waals surface area contributed by atoms with Gasteiger partial charge in [-0.25, -0.2) is 0 Å². The third-order valence-corrected chi connectivity index (χ3v) is 3.53. The second-order valence-corrected chi connectivity index (χ2v) is 5.10. The van der Waals surface area contributed by atoms with Crippen LogP contribution in [0.25, 0.3) is 0 Å². The first-order chi connectivity index (χ1) is 6.02. The largest absolute Gasteiger partial charge is 0.279 e. The summed E-state index contributed by atoms with van der Waals surface area (Å²) in [6.45, 7) is 4.70. The molecule has 0 aromatic rings. The highest BCUT2D eigenvalue weighted by molar-refractivity contribution is 7.87. The summed E-state index contributed by atoms with van der Waals surface area (Å²) in [5.41, 5.74) is 0. The summed E-state index contributed by atoms with van der Waals surface area (Å²) < 4.78 is 27.2. The Kier molecular flexibility index (Phi) is 3.47. The summed E-state index contributed by atoms with van der Waals surface area (Å²) in [6.07, 6.45) is 4.68. The molecule has 0 saturated carbocycles. The van der Waals surface area contributed by atoms with Gasteiger partial charge in [-0.3, -0.25) is 0 Å². The smallest absolute Gasteiger partial charge is 0.200 e. The molecule has 76 valence electrons. The highest BCUT2D eigenvalue weighted by Gasteiger charge is 2.21. The van der Waals surface area contributed by atoms with E-state index in [0.717, 1.165) is 6.42 Å². The molecule has 0 fully saturated rings. The minimum absolute atomic E-state index is 0.0455. The van der Waals surface area contributed by atoms with Gasteiger partial charge < -0.3 is 0 Å². The fourth-order valence-electron chi connectivity index (χ4n) is 1.21. The third kappa shape index (κ3) is 3.10. The van der Waals surface area contributed by atoms with Crippen molar-refractivity contribution in [3.8, 4) is 0 Å². The number of hydrogen-bond donors (Lipinski definition) is 1. The molecule has 5 heteroatoms. The molecule has 0 bridgehead atoms. The number of nitrogens with one attached hydrogen (secondary N) is 1. The average Bonchev–Trinajstić information content (AvgIpc) is 2.04. The van der Waals surface area contributed by atoms with E-state index in [4.69, 9.17) is 0 Å². The summed E-state index contributed by atoms with van der Waals surface area (Å²) in [5, 5.41) is 0. The Bertz CT molecular complexity index is 283. The molecule has 0 unspecified atom stereocenters. The van der Waals surface area contributed by atoms with Gasteiger partial charge in [0.25, 0.3) is 10.2 Å². The van der Waals surface area contributed by atoms with E-state index in [-0.39, 0.29) is 6.04 Å². The van der Waals surface area contributed by atoms with Gasteiger partial charge in [0, 0.05) is 19.1 Å². The van der Waals surface area contributed by atoms with Gasteiger partial charge in [0.2, 0.25) is 0 Å². The first-order valence-corrected chi connectivity index (χ1v) is 5.89. The number of nitrogens with zero attached hydrogens (tertiary/aromatic N) is 1. The van der Waals surface area contributed by atoms with Crippen molar-refractivity contribution in [1.29, 1.82) is 0 Å². The molecule has 4 nitrogen and oxygen atoms in total. The van der Waals surface area contributed by atoms with Crippen molar-refractivity contribution in [1.82, 2.24) is 9.03 Å². The van der Waals surface area contributed by atoms with Gasteiger partial charge >= 0.3 is 0 Å². The van der Waals surface area contributed by atoms with Gasteiger partial charge in [0.1, 0.15) is 0 Å². The summed E-state index contributed by atoms with van der Waals surface area (Å²) in [7, 11) is -3.25. The van der Waals surface area contributed by atoms with E-state index in [1.165, 1.54) is 4.31 Å². The van der Waals surface area contributed by atoms with Crippen LogP contribution in [0.4, 0.5) is 0 Å². The van der Waals surface area contributed by atoms with Gasteiger partial charge in [-0.05, 0) is 20.3 Å². The lowest BCUT2D eigenvalue weighted by molar-refractivity contribution is 0.423. The van der Waals surface area contributed by atoms with Crippen LogP contribution in [-0.2, 0) is 10.2 Å². The van der Waals surface area contributed by atoms with Crippen molar-refractivity contribution in [2.75, 3.05) is 13.1 Å². The van der Waals surface area contributed by atoms with Crippen LogP contribution in [0.3, 0.4) is 0 Å². The van der Waals surface area contributed by atoms with Gasteiger partial charge in [0.15, 0.2) is 0 Å². The Balaban J connectivity index is 2.63. The minimum Gasteiger partial charge on any atom is -0.200 e. The molecule has 0 atom stereocenters. The van der Waals surface area contributed by atoms with Crippen LogP contribution < -0.4 is 4.72 Å². The second-order valence-electron chi connectivity index (χ2n) is 3.40. The number of hydrogen-bond acceptors (Lipinski definition) is 2. The second kappa shape index (κ2) is 4.21. The van der Waals surface area contributed by atoms with Crippen LogP contribution in [0.2, 0.25) is 0 Å². The molecule has 13 heavy (non-hydrogen) atoms. The Labute approximate surface area is 79.8 Å². The zero-order valence-electron chi connectivity index (χ0n) is 8.03. The monoisotopic (exact) mass is 204 g/mol. The quantitative estimate of drug-likeness (QED) is 0.680. The molecule has 0 aromatic heterocycles. The number of rotatable bonds is 3. The van der Waals surface area contributed by atoms with Crippen LogP contribution in [0.15, 0.2) is 12.2 Å². The lowest BCUT2D eigenvalue weighted by Crippen LogP contribution is -2.44. The molecule has 1 rings (SSSR count). The predicted molar refractivity (Wildman–Crippen MR) is 52.5 cm³/mol. The molecule has 1 N–H and O–H groups in total. The van der Waals surface area contributed by atoms with Crippen LogP contribution >= 0.6 is 0 Å². The Morgan fingerprint density at radius 3 is 2.54 bits per heavy atom. The molecule has 0 amide bonds. The maximum absolute atomic E-state index is 11.6. The lowest BCUT2D eigenvalue weighted by atomic mass is 10.3. The molecule has 1 aliphatic heterocycles. The summed E-state index contributed by atoms with van der Waals surface area (Å²) >= 11 is 0. The van der Waals surface area contributed by atoms with E-state index in [0.29, 0.717) is 13.1 Å². The van der Waals surface area contributed by atoms with Crippen molar-refractivity contribution in [2.24, 2.45) is 0 Å². The van der Waals surface area contributed by atoms with Crippen molar-refractivity contribution >= 4 is 10.2 Å². The fourth-order valence-corrected chi connectivity index (χ4v) is 2.58. The van der Waals surface area contributed by atoms with Gasteiger partial charge in [-0.15, -0.1) is 0 Å². The topological polar surface area (TPSA) is 49.4 Å². The zero-order chi connectivity index (χ0) is 9.90. The Morgan fingerprint density at radius 1 is 1.38 bits per heavy atom. The van der Waals surface area contributed by atoms with Gasteiger partial charge in [0.05, 0.1) is 0 Å². The van der Waals surface area contributed by atoms with Gasteiger partial charge in [-0.1, -0.05) is 12.2 Å². The molecule has 1 heterocycles. The van der Waals surface area contributed by atoms with E-state index in [1.807, 2.05) is 26.0 Å². The van der Waals surface area contributed by atoms with Crippen LogP contribution in [0.1, 0.15) is 20.3 Å². The van der Waals surface area contributed by atoms with Gasteiger partial charge in [-0.2, -0.15) is 17.4 Å². The van der Waals surface area contributed by atoms with Crippen LogP contribution in [-0.4, -0.2) is 31.9 Å². The first kappa shape index (κ1) is 10.7. The highest BCUT2D eigenvalue weighted by Crippen LogP contribution is 2.06. The molecule has 0 radical (unpaired) electrons. The minimum atomic E-state index is -3.25. The maximum Gasteiger partial charge on any atom is 0.279 e. The SMILES string of the molecule is CC(C)NS(=O)(=O)N1CC=CCC1. The highest BCUT2D eigenvalue weighted by atomic mass is 32.2. The first-order valence-electron chi connectivity index (χ1n) is 4.45. The average molecular weight is 204 g/mol. The Morgan fingerprint density at radius 2 is 2.08 bits per heavy atom. The van der Waals surface area contributed by atoms with Crippen molar-refractivity contribution in [2.45, 2.75) is 26.3 Å². The molecule has 1 aliphatic rings. The molecular weight excluding hydrogens is 188 g/mol. The standard InChI is InChI=1S/C8H16N2O2S/c1-8(2)9-13(11,12)10-6-4-3-5-7-10/h3-4,8-9H,5-7H2,1-2H3. The van der Waals surface area contributed by atoms with E-state index in [1.54, 1.807) is 0 Å². The molecule has 0 aromatic carbocycles. The molecule has 0 aliphatic carbocycles. The predicted octanol–water partition coefficient (Wildman–Crippen LogP) is 0.491. The van der Waals surface area contributed by atoms with Crippen molar-refractivity contribution in [3.05, 3.63) is 12.2 Å². The fraction of sp³-hybridized carbons (Fsp3) is 0.750. The van der Waals surface area contributed by atoms with Crippen molar-refractivity contribution in [3.63, 3.8) is 0 Å². The third-order valence-electron chi connectivity index (χ3n) is 1.75. The lowest BCUT2D eigenvalue weighted by Gasteiger charge is -2.23. The Hall–Kier alpha value is -0.390. The molecule has 0 spiro atoms. The van der Waals surface area contributed by atoms with Crippen LogP contribution in [0.5, 0.6) is 0 Å². The van der Waals surface area contributed by atoms with Crippen molar-refractivity contribution < 1.29 is 8.42 Å². The summed E-state index contributed by atoms with van der Waals surface area (Å²) in [5.74, 6) is 0. The summed E-state index contributed by atoms with van der Waals surface area (Å²) in [6, 6.07) is -0.0455. The van der Waals surface area contributed by atoms with E-state index < -0.39 is 10.2 Å². The molecular formula is C8H16N2O2S. The van der Waals surface area contributed by atoms with E-state index in [9.17, 15) is 8.42 Å². The molecule has 0 saturated heterocycles. The van der Waals surface area contributed by atoms with Crippen LogP contribution in [0, 0.1) is 0 Å².